The van der Waals surface area contributed by atoms with Crippen LogP contribution in [0.2, 0.25) is 0 Å². The third-order valence-electron chi connectivity index (χ3n) is 2.90. The van der Waals surface area contributed by atoms with E-state index in [1.54, 1.807) is 0 Å². The van der Waals surface area contributed by atoms with Gasteiger partial charge < -0.3 is 0 Å². The molecule has 0 N–H and O–H groups in total. The van der Waals surface area contributed by atoms with Crippen molar-refractivity contribution < 1.29 is 0 Å². The first-order chi connectivity index (χ1) is 5.74. The molecule has 0 unspecified atom stereocenters. The normalized spacial score (nSPS) is 11.6. The number of hydrogen-bond acceptors (Lipinski definition) is 0. The van der Waals surface area contributed by atoms with Gasteiger partial charge in [0, 0.05) is 5.33 Å². The Morgan fingerprint density at radius 2 is 1.92 bits per heavy atom. The van der Waals surface area contributed by atoms with Crippen LogP contribution in [0.5, 0.6) is 0 Å². The van der Waals surface area contributed by atoms with E-state index in [1.807, 2.05) is 6.08 Å². The molecule has 0 aromatic heterocycles. The Labute approximate surface area is 85.6 Å². The maximum Gasteiger partial charge on any atom is 0.00877 e. The summed E-state index contributed by atoms with van der Waals surface area (Å²) in [6.45, 7) is 8.33. The lowest BCUT2D eigenvalue weighted by Gasteiger charge is -2.29. The fourth-order valence-corrected chi connectivity index (χ4v) is 2.55. The minimum absolute atomic E-state index is 0.545. The van der Waals surface area contributed by atoms with Crippen molar-refractivity contribution in [1.82, 2.24) is 0 Å². The topological polar surface area (TPSA) is 0 Å². The van der Waals surface area contributed by atoms with Crippen molar-refractivity contribution in [3.05, 3.63) is 12.7 Å². The van der Waals surface area contributed by atoms with E-state index in [1.165, 1.54) is 25.7 Å². The summed E-state index contributed by atoms with van der Waals surface area (Å²) in [4.78, 5) is 0. The standard InChI is InChI=1S/C11H21Br/c1-4-7-8-9-11(5-2,6-3)10-12/h4H,1,5-10H2,2-3H3. The van der Waals surface area contributed by atoms with Crippen LogP contribution >= 0.6 is 15.9 Å². The van der Waals surface area contributed by atoms with E-state index in [2.05, 4.69) is 36.4 Å². The molecule has 0 aliphatic heterocycles. The minimum atomic E-state index is 0.545. The second-order valence-electron chi connectivity index (χ2n) is 3.52. The first-order valence-corrected chi connectivity index (χ1v) is 6.03. The van der Waals surface area contributed by atoms with Gasteiger partial charge in [0.1, 0.15) is 0 Å². The largest absolute Gasteiger partial charge is 0.103 e. The fraction of sp³-hybridized carbons (Fsp3) is 0.818. The van der Waals surface area contributed by atoms with Gasteiger partial charge in [0.2, 0.25) is 0 Å². The second-order valence-corrected chi connectivity index (χ2v) is 4.08. The second kappa shape index (κ2) is 6.71. The van der Waals surface area contributed by atoms with E-state index in [4.69, 9.17) is 0 Å². The Morgan fingerprint density at radius 3 is 2.25 bits per heavy atom. The van der Waals surface area contributed by atoms with Crippen LogP contribution in [0.1, 0.15) is 46.0 Å². The molecule has 0 saturated heterocycles. The molecule has 0 spiro atoms. The predicted octanol–water partition coefficient (Wildman–Crippen LogP) is 4.54. The van der Waals surface area contributed by atoms with Crippen molar-refractivity contribution in [3.8, 4) is 0 Å². The number of unbranched alkanes of at least 4 members (excludes halogenated alkanes) is 1. The number of hydrogen-bond donors (Lipinski definition) is 0. The van der Waals surface area contributed by atoms with Gasteiger partial charge in [-0.3, -0.25) is 0 Å². The van der Waals surface area contributed by atoms with E-state index in [9.17, 15) is 0 Å². The summed E-state index contributed by atoms with van der Waals surface area (Å²) < 4.78 is 0. The van der Waals surface area contributed by atoms with E-state index >= 15 is 0 Å². The van der Waals surface area contributed by atoms with Gasteiger partial charge in [-0.25, -0.2) is 0 Å². The molecular weight excluding hydrogens is 212 g/mol. The molecule has 0 fully saturated rings. The van der Waals surface area contributed by atoms with E-state index in [0.717, 1.165) is 11.8 Å². The number of rotatable bonds is 7. The summed E-state index contributed by atoms with van der Waals surface area (Å²) in [6.07, 6.45) is 8.37. The molecule has 0 aliphatic rings. The molecule has 0 saturated carbocycles. The third-order valence-corrected chi connectivity index (χ3v) is 4.09. The molecule has 0 nitrogen and oxygen atoms in total. The molecule has 0 aliphatic carbocycles. The fourth-order valence-electron chi connectivity index (χ4n) is 1.48. The van der Waals surface area contributed by atoms with E-state index < -0.39 is 0 Å². The van der Waals surface area contributed by atoms with Gasteiger partial charge in [0.15, 0.2) is 0 Å². The van der Waals surface area contributed by atoms with Gasteiger partial charge in [-0.2, -0.15) is 0 Å². The number of alkyl halides is 1. The highest BCUT2D eigenvalue weighted by molar-refractivity contribution is 9.09. The first kappa shape index (κ1) is 12.2. The predicted molar refractivity (Wildman–Crippen MR) is 60.9 cm³/mol. The summed E-state index contributed by atoms with van der Waals surface area (Å²) >= 11 is 3.62. The highest BCUT2D eigenvalue weighted by Crippen LogP contribution is 2.34. The molecule has 0 bridgehead atoms. The first-order valence-electron chi connectivity index (χ1n) is 4.91. The monoisotopic (exact) mass is 232 g/mol. The maximum atomic E-state index is 3.75. The van der Waals surface area contributed by atoms with Crippen LogP contribution in [0.25, 0.3) is 0 Å². The molecule has 0 heterocycles. The van der Waals surface area contributed by atoms with Crippen molar-refractivity contribution >= 4 is 15.9 Å². The van der Waals surface area contributed by atoms with E-state index in [-0.39, 0.29) is 0 Å². The van der Waals surface area contributed by atoms with Crippen molar-refractivity contribution in [3.63, 3.8) is 0 Å². The zero-order chi connectivity index (χ0) is 9.45. The summed E-state index contributed by atoms with van der Waals surface area (Å²) in [7, 11) is 0. The molecule has 0 rings (SSSR count). The molecule has 0 radical (unpaired) electrons. The zero-order valence-electron chi connectivity index (χ0n) is 8.41. The van der Waals surface area contributed by atoms with Crippen LogP contribution in [0.4, 0.5) is 0 Å². The summed E-state index contributed by atoms with van der Waals surface area (Å²) in [5.41, 5.74) is 0.545. The SMILES string of the molecule is C=CCCCC(CC)(CC)CBr. The number of halogens is 1. The van der Waals surface area contributed by atoms with Crippen LogP contribution in [0, 0.1) is 5.41 Å². The quantitative estimate of drug-likeness (QED) is 0.344. The van der Waals surface area contributed by atoms with Gasteiger partial charge in [-0.15, -0.1) is 6.58 Å². The Bertz CT molecular complexity index is 106. The Hall–Kier alpha value is 0.220. The molecule has 0 aromatic carbocycles. The lowest BCUT2D eigenvalue weighted by molar-refractivity contribution is 0.277. The highest BCUT2D eigenvalue weighted by Gasteiger charge is 2.23. The molecule has 12 heavy (non-hydrogen) atoms. The summed E-state index contributed by atoms with van der Waals surface area (Å²) in [5.74, 6) is 0. The summed E-state index contributed by atoms with van der Waals surface area (Å²) in [6, 6.07) is 0. The average Bonchev–Trinajstić information content (AvgIpc) is 2.14. The van der Waals surface area contributed by atoms with Crippen molar-refractivity contribution in [2.45, 2.75) is 46.0 Å². The van der Waals surface area contributed by atoms with Crippen molar-refractivity contribution in [2.24, 2.45) is 5.41 Å². The minimum Gasteiger partial charge on any atom is -0.103 e. The lowest BCUT2D eigenvalue weighted by atomic mass is 9.80. The van der Waals surface area contributed by atoms with Crippen LogP contribution < -0.4 is 0 Å². The van der Waals surface area contributed by atoms with Gasteiger partial charge in [0.05, 0.1) is 0 Å². The van der Waals surface area contributed by atoms with Gasteiger partial charge in [0.25, 0.3) is 0 Å². The lowest BCUT2D eigenvalue weighted by Crippen LogP contribution is -2.20. The van der Waals surface area contributed by atoms with Gasteiger partial charge in [-0.1, -0.05) is 35.9 Å². The highest BCUT2D eigenvalue weighted by atomic mass is 79.9. The van der Waals surface area contributed by atoms with Crippen LogP contribution in [0.15, 0.2) is 12.7 Å². The third kappa shape index (κ3) is 3.75. The Morgan fingerprint density at radius 1 is 1.33 bits per heavy atom. The molecule has 0 amide bonds. The molecule has 0 atom stereocenters. The van der Waals surface area contributed by atoms with Crippen LogP contribution in [-0.2, 0) is 0 Å². The van der Waals surface area contributed by atoms with Crippen LogP contribution in [0.3, 0.4) is 0 Å². The van der Waals surface area contributed by atoms with Gasteiger partial charge in [-0.05, 0) is 37.5 Å². The molecule has 72 valence electrons. The Kier molecular flexibility index (Phi) is 6.83. The summed E-state index contributed by atoms with van der Waals surface area (Å²) in [5, 5.41) is 1.14. The van der Waals surface area contributed by atoms with E-state index in [0.29, 0.717) is 5.41 Å². The van der Waals surface area contributed by atoms with Gasteiger partial charge >= 0.3 is 0 Å². The van der Waals surface area contributed by atoms with Crippen LogP contribution in [-0.4, -0.2) is 5.33 Å². The molecule has 0 aromatic rings. The Balaban J connectivity index is 3.84. The molecule has 1 heteroatoms. The smallest absolute Gasteiger partial charge is 0.00877 e. The van der Waals surface area contributed by atoms with Crippen molar-refractivity contribution in [2.75, 3.05) is 5.33 Å². The van der Waals surface area contributed by atoms with Crippen molar-refractivity contribution in [1.29, 1.82) is 0 Å². The maximum absolute atomic E-state index is 3.75. The molecular formula is C11H21Br. The number of allylic oxidation sites excluding steroid dienone is 1. The zero-order valence-corrected chi connectivity index (χ0v) is 9.99. The average molecular weight is 233 g/mol.